The van der Waals surface area contributed by atoms with Crippen LogP contribution in [0, 0.1) is 0 Å². The Morgan fingerprint density at radius 1 is 1.15 bits per heavy atom. The van der Waals surface area contributed by atoms with Gasteiger partial charge in [-0.2, -0.15) is 0 Å². The minimum atomic E-state index is 0.222. The SMILES string of the molecule is CCOC1CCCN(C2(CN)CCCN(CC)CC2)C1. The fourth-order valence-electron chi connectivity index (χ4n) is 3.94. The number of nitrogens with zero attached hydrogens (tertiary/aromatic N) is 2. The minimum absolute atomic E-state index is 0.222. The predicted octanol–water partition coefficient (Wildman–Crippen LogP) is 1.69. The Morgan fingerprint density at radius 2 is 2.00 bits per heavy atom. The van der Waals surface area contributed by atoms with Crippen LogP contribution in [0.3, 0.4) is 0 Å². The highest BCUT2D eigenvalue weighted by Crippen LogP contribution is 2.31. The first-order valence-corrected chi connectivity index (χ1v) is 8.53. The molecule has 0 spiro atoms. The standard InChI is InChI=1S/C16H33N3O/c1-3-18-10-6-8-16(14-17,9-12-18)19-11-5-7-15(13-19)20-4-2/h15H,3-14,17H2,1-2H3. The van der Waals surface area contributed by atoms with Crippen LogP contribution in [-0.2, 0) is 4.74 Å². The number of likely N-dealkylation sites (tertiary alicyclic amines) is 2. The molecule has 0 amide bonds. The van der Waals surface area contributed by atoms with Crippen molar-refractivity contribution < 1.29 is 4.74 Å². The summed E-state index contributed by atoms with van der Waals surface area (Å²) in [5.74, 6) is 0. The van der Waals surface area contributed by atoms with Crippen LogP contribution in [0.25, 0.3) is 0 Å². The lowest BCUT2D eigenvalue weighted by atomic mass is 9.86. The van der Waals surface area contributed by atoms with Crippen LogP contribution in [-0.4, -0.2) is 67.3 Å². The number of hydrogen-bond donors (Lipinski definition) is 1. The Balaban J connectivity index is 2.01. The van der Waals surface area contributed by atoms with E-state index in [0.29, 0.717) is 6.10 Å². The largest absolute Gasteiger partial charge is 0.377 e. The molecule has 0 aromatic heterocycles. The van der Waals surface area contributed by atoms with Gasteiger partial charge in [0.25, 0.3) is 0 Å². The summed E-state index contributed by atoms with van der Waals surface area (Å²) in [7, 11) is 0. The van der Waals surface area contributed by atoms with Gasteiger partial charge in [-0.15, -0.1) is 0 Å². The second-order valence-electron chi connectivity index (χ2n) is 6.38. The van der Waals surface area contributed by atoms with Crippen molar-refractivity contribution >= 4 is 0 Å². The molecule has 4 nitrogen and oxygen atoms in total. The summed E-state index contributed by atoms with van der Waals surface area (Å²) in [6.07, 6.45) is 6.63. The van der Waals surface area contributed by atoms with Gasteiger partial charge >= 0.3 is 0 Å². The van der Waals surface area contributed by atoms with E-state index in [-0.39, 0.29) is 5.54 Å². The summed E-state index contributed by atoms with van der Waals surface area (Å²) < 4.78 is 5.87. The van der Waals surface area contributed by atoms with Crippen molar-refractivity contribution in [2.24, 2.45) is 5.73 Å². The van der Waals surface area contributed by atoms with Gasteiger partial charge in [-0.3, -0.25) is 4.90 Å². The number of ether oxygens (including phenoxy) is 1. The first-order chi connectivity index (χ1) is 9.74. The van der Waals surface area contributed by atoms with Gasteiger partial charge in [0.2, 0.25) is 0 Å². The number of nitrogens with two attached hydrogens (primary N) is 1. The summed E-state index contributed by atoms with van der Waals surface area (Å²) in [5, 5.41) is 0. The van der Waals surface area contributed by atoms with Crippen LogP contribution in [0.1, 0.15) is 46.0 Å². The summed E-state index contributed by atoms with van der Waals surface area (Å²) in [6, 6.07) is 0. The molecule has 2 atom stereocenters. The van der Waals surface area contributed by atoms with Crippen molar-refractivity contribution in [3.63, 3.8) is 0 Å². The van der Waals surface area contributed by atoms with Crippen LogP contribution in [0.5, 0.6) is 0 Å². The van der Waals surface area contributed by atoms with Crippen molar-refractivity contribution in [3.05, 3.63) is 0 Å². The van der Waals surface area contributed by atoms with E-state index < -0.39 is 0 Å². The Kier molecular flexibility index (Phi) is 6.27. The number of hydrogen-bond acceptors (Lipinski definition) is 4. The highest BCUT2D eigenvalue weighted by molar-refractivity contribution is 4.96. The molecule has 2 aliphatic rings. The molecule has 2 fully saturated rings. The molecule has 118 valence electrons. The molecule has 0 aromatic rings. The molecule has 2 unspecified atom stereocenters. The van der Waals surface area contributed by atoms with E-state index in [1.807, 2.05) is 0 Å². The van der Waals surface area contributed by atoms with E-state index in [9.17, 15) is 0 Å². The molecule has 20 heavy (non-hydrogen) atoms. The van der Waals surface area contributed by atoms with Crippen molar-refractivity contribution in [2.75, 3.05) is 45.9 Å². The summed E-state index contributed by atoms with van der Waals surface area (Å²) in [4.78, 5) is 5.23. The van der Waals surface area contributed by atoms with Crippen molar-refractivity contribution in [3.8, 4) is 0 Å². The fourth-order valence-corrected chi connectivity index (χ4v) is 3.94. The lowest BCUT2D eigenvalue weighted by Crippen LogP contribution is -2.58. The lowest BCUT2D eigenvalue weighted by Gasteiger charge is -2.47. The van der Waals surface area contributed by atoms with E-state index in [0.717, 1.165) is 19.7 Å². The van der Waals surface area contributed by atoms with Crippen molar-refractivity contribution in [2.45, 2.75) is 57.6 Å². The maximum atomic E-state index is 6.24. The Hall–Kier alpha value is -0.160. The number of piperidine rings is 1. The summed E-state index contributed by atoms with van der Waals surface area (Å²) in [6.45, 7) is 11.9. The summed E-state index contributed by atoms with van der Waals surface area (Å²) in [5.41, 5.74) is 6.47. The highest BCUT2D eigenvalue weighted by Gasteiger charge is 2.39. The van der Waals surface area contributed by atoms with E-state index in [1.165, 1.54) is 58.3 Å². The zero-order valence-electron chi connectivity index (χ0n) is 13.4. The van der Waals surface area contributed by atoms with Crippen molar-refractivity contribution in [1.29, 1.82) is 0 Å². The van der Waals surface area contributed by atoms with Crippen LogP contribution in [0.4, 0.5) is 0 Å². The molecule has 0 saturated carbocycles. The first kappa shape index (κ1) is 16.2. The minimum Gasteiger partial charge on any atom is -0.377 e. The molecular formula is C16H33N3O. The van der Waals surface area contributed by atoms with E-state index in [2.05, 4.69) is 23.6 Å². The molecule has 2 rings (SSSR count). The molecule has 0 bridgehead atoms. The van der Waals surface area contributed by atoms with Crippen LogP contribution in [0.15, 0.2) is 0 Å². The van der Waals surface area contributed by atoms with Gasteiger partial charge in [0.05, 0.1) is 6.10 Å². The van der Waals surface area contributed by atoms with Crippen LogP contribution in [0.2, 0.25) is 0 Å². The quantitative estimate of drug-likeness (QED) is 0.834. The third-order valence-electron chi connectivity index (χ3n) is 5.29. The smallest absolute Gasteiger partial charge is 0.0702 e. The molecule has 0 aliphatic carbocycles. The Labute approximate surface area is 124 Å². The van der Waals surface area contributed by atoms with Gasteiger partial charge in [-0.25, -0.2) is 0 Å². The maximum Gasteiger partial charge on any atom is 0.0702 e. The molecule has 0 radical (unpaired) electrons. The Morgan fingerprint density at radius 3 is 2.70 bits per heavy atom. The maximum absolute atomic E-state index is 6.24. The molecule has 4 heteroatoms. The van der Waals surface area contributed by atoms with Crippen molar-refractivity contribution in [1.82, 2.24) is 9.80 Å². The zero-order chi connectivity index (χ0) is 14.4. The first-order valence-electron chi connectivity index (χ1n) is 8.53. The molecule has 2 aliphatic heterocycles. The molecule has 2 heterocycles. The number of rotatable bonds is 5. The monoisotopic (exact) mass is 283 g/mol. The van der Waals surface area contributed by atoms with Gasteiger partial charge in [0, 0.05) is 25.2 Å². The molecule has 0 aromatic carbocycles. The molecule has 2 N–H and O–H groups in total. The fraction of sp³-hybridized carbons (Fsp3) is 1.00. The van der Waals surface area contributed by atoms with Gasteiger partial charge in [-0.05, 0) is 65.2 Å². The molecular weight excluding hydrogens is 250 g/mol. The van der Waals surface area contributed by atoms with Gasteiger partial charge in [-0.1, -0.05) is 6.92 Å². The summed E-state index contributed by atoms with van der Waals surface area (Å²) >= 11 is 0. The van der Waals surface area contributed by atoms with Gasteiger partial charge < -0.3 is 15.4 Å². The average Bonchev–Trinajstić information content (AvgIpc) is 2.71. The lowest BCUT2D eigenvalue weighted by molar-refractivity contribution is -0.0369. The predicted molar refractivity (Wildman–Crippen MR) is 84.0 cm³/mol. The Bertz CT molecular complexity index is 285. The van der Waals surface area contributed by atoms with E-state index in [1.54, 1.807) is 0 Å². The second kappa shape index (κ2) is 7.74. The van der Waals surface area contributed by atoms with Gasteiger partial charge in [0.1, 0.15) is 0 Å². The van der Waals surface area contributed by atoms with Crippen LogP contribution >= 0.6 is 0 Å². The van der Waals surface area contributed by atoms with Gasteiger partial charge in [0.15, 0.2) is 0 Å². The molecule has 2 saturated heterocycles. The van der Waals surface area contributed by atoms with E-state index >= 15 is 0 Å². The zero-order valence-corrected chi connectivity index (χ0v) is 13.4. The second-order valence-corrected chi connectivity index (χ2v) is 6.38. The highest BCUT2D eigenvalue weighted by atomic mass is 16.5. The topological polar surface area (TPSA) is 41.7 Å². The normalized spacial score (nSPS) is 34.0. The third kappa shape index (κ3) is 3.73. The average molecular weight is 283 g/mol. The van der Waals surface area contributed by atoms with E-state index in [4.69, 9.17) is 10.5 Å². The third-order valence-corrected chi connectivity index (χ3v) is 5.29. The van der Waals surface area contributed by atoms with Crippen LogP contribution < -0.4 is 5.73 Å².